The van der Waals surface area contributed by atoms with E-state index < -0.39 is 34.6 Å². The van der Waals surface area contributed by atoms with Gasteiger partial charge >= 0.3 is 47.5 Å². The standard InChI is InChI=1S/C13H14O6.Na.H/c1-3-6(2)7-4-5-8(11(14)15)10(13(18)19)9(7)12(16)17;;/h4-6H,3H2,1-2H3,(H,14,15)(H,16,17)(H,18,19);;/q;+1;-1. The molecule has 0 spiro atoms. The Bertz CT molecular complexity index is 558. The zero-order valence-corrected chi connectivity index (χ0v) is 13.5. The van der Waals surface area contributed by atoms with Crippen LogP contribution in [0.25, 0.3) is 0 Å². The first kappa shape index (κ1) is 18.6. The van der Waals surface area contributed by atoms with Gasteiger partial charge in [-0.2, -0.15) is 0 Å². The number of carbonyl (C=O) groups is 3. The average Bonchev–Trinajstić information content (AvgIpc) is 2.35. The van der Waals surface area contributed by atoms with Crippen LogP contribution < -0.4 is 29.6 Å². The summed E-state index contributed by atoms with van der Waals surface area (Å²) in [6.45, 7) is 3.59. The fourth-order valence-electron chi connectivity index (χ4n) is 1.88. The van der Waals surface area contributed by atoms with E-state index in [1.807, 2.05) is 6.92 Å². The molecule has 0 radical (unpaired) electrons. The molecule has 104 valence electrons. The van der Waals surface area contributed by atoms with Crippen molar-refractivity contribution in [2.75, 3.05) is 0 Å². The minimum absolute atomic E-state index is 0. The third kappa shape index (κ3) is 3.59. The Hall–Kier alpha value is -1.37. The maximum Gasteiger partial charge on any atom is 1.00 e. The molecule has 1 aromatic carbocycles. The number of rotatable bonds is 5. The van der Waals surface area contributed by atoms with Crippen molar-refractivity contribution in [3.8, 4) is 0 Å². The maximum atomic E-state index is 11.3. The summed E-state index contributed by atoms with van der Waals surface area (Å²) in [5.41, 5.74) is -1.30. The summed E-state index contributed by atoms with van der Waals surface area (Å²) in [6, 6.07) is 2.51. The molecule has 7 heteroatoms. The van der Waals surface area contributed by atoms with Gasteiger partial charge in [-0.1, -0.05) is 19.9 Å². The molecule has 1 rings (SSSR count). The smallest absolute Gasteiger partial charge is 1.00 e. The second-order valence-electron chi connectivity index (χ2n) is 4.18. The molecule has 0 saturated carbocycles. The molecule has 1 atom stereocenters. The molecule has 0 aliphatic heterocycles. The summed E-state index contributed by atoms with van der Waals surface area (Å²) >= 11 is 0. The monoisotopic (exact) mass is 290 g/mol. The van der Waals surface area contributed by atoms with Gasteiger partial charge in [-0.25, -0.2) is 14.4 Å². The van der Waals surface area contributed by atoms with Crippen LogP contribution in [0.15, 0.2) is 12.1 Å². The molecule has 0 heterocycles. The van der Waals surface area contributed by atoms with E-state index in [-0.39, 0.29) is 36.9 Å². The van der Waals surface area contributed by atoms with E-state index in [4.69, 9.17) is 10.2 Å². The molecule has 20 heavy (non-hydrogen) atoms. The molecule has 1 unspecified atom stereocenters. The Balaban J connectivity index is 0. The van der Waals surface area contributed by atoms with Crippen LogP contribution in [0.5, 0.6) is 0 Å². The van der Waals surface area contributed by atoms with Crippen LogP contribution in [-0.4, -0.2) is 33.2 Å². The third-order valence-corrected chi connectivity index (χ3v) is 3.04. The van der Waals surface area contributed by atoms with Crippen LogP contribution in [0.2, 0.25) is 0 Å². The Kier molecular flexibility index (Phi) is 6.91. The topological polar surface area (TPSA) is 112 Å². The summed E-state index contributed by atoms with van der Waals surface area (Å²) in [5, 5.41) is 27.2. The molecule has 3 N–H and O–H groups in total. The van der Waals surface area contributed by atoms with Crippen LogP contribution in [-0.2, 0) is 0 Å². The van der Waals surface area contributed by atoms with Crippen molar-refractivity contribution in [2.45, 2.75) is 26.2 Å². The molecule has 0 bridgehead atoms. The van der Waals surface area contributed by atoms with E-state index in [0.717, 1.165) is 6.07 Å². The van der Waals surface area contributed by atoms with E-state index in [9.17, 15) is 19.5 Å². The van der Waals surface area contributed by atoms with Crippen molar-refractivity contribution in [2.24, 2.45) is 0 Å². The number of hydrogen-bond donors (Lipinski definition) is 3. The van der Waals surface area contributed by atoms with E-state index in [1.165, 1.54) is 6.07 Å². The Morgan fingerprint density at radius 3 is 1.90 bits per heavy atom. The number of carboxylic acids is 3. The van der Waals surface area contributed by atoms with E-state index >= 15 is 0 Å². The first-order valence-corrected chi connectivity index (χ1v) is 5.68. The molecular weight excluding hydrogens is 275 g/mol. The predicted octanol–water partition coefficient (Wildman–Crippen LogP) is -0.589. The number of aromatic carboxylic acids is 3. The summed E-state index contributed by atoms with van der Waals surface area (Å²) in [4.78, 5) is 33.5. The van der Waals surface area contributed by atoms with E-state index in [1.54, 1.807) is 6.92 Å². The average molecular weight is 290 g/mol. The van der Waals surface area contributed by atoms with Gasteiger partial charge in [-0.05, 0) is 24.0 Å². The van der Waals surface area contributed by atoms with Gasteiger partial charge in [0.2, 0.25) is 0 Å². The minimum atomic E-state index is -1.56. The second kappa shape index (κ2) is 7.42. The van der Waals surface area contributed by atoms with Gasteiger partial charge in [0.1, 0.15) is 0 Å². The zero-order chi connectivity index (χ0) is 14.7. The fraction of sp³-hybridized carbons (Fsp3) is 0.308. The Morgan fingerprint density at radius 2 is 1.55 bits per heavy atom. The van der Waals surface area contributed by atoms with Crippen LogP contribution in [0.1, 0.15) is 64.3 Å². The van der Waals surface area contributed by atoms with Crippen LogP contribution in [0.3, 0.4) is 0 Å². The van der Waals surface area contributed by atoms with Crippen LogP contribution in [0, 0.1) is 0 Å². The van der Waals surface area contributed by atoms with Crippen molar-refractivity contribution >= 4 is 17.9 Å². The van der Waals surface area contributed by atoms with Gasteiger partial charge in [0, 0.05) is 0 Å². The zero-order valence-electron chi connectivity index (χ0n) is 12.5. The van der Waals surface area contributed by atoms with Gasteiger partial charge in [0.15, 0.2) is 0 Å². The van der Waals surface area contributed by atoms with E-state index in [2.05, 4.69) is 0 Å². The second-order valence-corrected chi connectivity index (χ2v) is 4.18. The molecule has 0 aromatic heterocycles. The molecule has 0 aliphatic rings. The van der Waals surface area contributed by atoms with Crippen LogP contribution >= 0.6 is 0 Å². The van der Waals surface area contributed by atoms with Gasteiger partial charge < -0.3 is 16.7 Å². The van der Waals surface area contributed by atoms with Crippen molar-refractivity contribution in [3.63, 3.8) is 0 Å². The summed E-state index contributed by atoms with van der Waals surface area (Å²) in [6.07, 6.45) is 0.617. The molecule has 0 amide bonds. The van der Waals surface area contributed by atoms with Crippen molar-refractivity contribution < 1.29 is 60.7 Å². The molecular formula is C13H15NaO6. The quantitative estimate of drug-likeness (QED) is 0.625. The van der Waals surface area contributed by atoms with Gasteiger partial charge in [-0.3, -0.25) is 0 Å². The minimum Gasteiger partial charge on any atom is -1.00 e. The van der Waals surface area contributed by atoms with Crippen LogP contribution in [0.4, 0.5) is 0 Å². The first-order valence-electron chi connectivity index (χ1n) is 5.68. The van der Waals surface area contributed by atoms with Crippen molar-refractivity contribution in [1.82, 2.24) is 0 Å². The first-order chi connectivity index (χ1) is 8.81. The maximum absolute atomic E-state index is 11.3. The van der Waals surface area contributed by atoms with Gasteiger partial charge in [-0.15, -0.1) is 0 Å². The number of benzene rings is 1. The molecule has 0 aliphatic carbocycles. The summed E-state index contributed by atoms with van der Waals surface area (Å²) in [7, 11) is 0. The fourth-order valence-corrected chi connectivity index (χ4v) is 1.88. The predicted molar refractivity (Wildman–Crippen MR) is 67.1 cm³/mol. The van der Waals surface area contributed by atoms with Gasteiger partial charge in [0.05, 0.1) is 16.7 Å². The van der Waals surface area contributed by atoms with Gasteiger partial charge in [0.25, 0.3) is 0 Å². The molecule has 6 nitrogen and oxygen atoms in total. The SMILES string of the molecule is CCC(C)c1ccc(C(=O)O)c(C(=O)O)c1C(=O)O.[H-].[Na+]. The Labute approximate surface area is 139 Å². The summed E-state index contributed by atoms with van der Waals surface area (Å²) < 4.78 is 0. The molecule has 0 fully saturated rings. The molecule has 1 aromatic rings. The molecule has 0 saturated heterocycles. The number of carboxylic acid groups (broad SMARTS) is 3. The largest absolute Gasteiger partial charge is 1.00 e. The number of hydrogen-bond acceptors (Lipinski definition) is 3. The Morgan fingerprint density at radius 1 is 1.05 bits per heavy atom. The summed E-state index contributed by atoms with van der Waals surface area (Å²) in [5.74, 6) is -4.63. The van der Waals surface area contributed by atoms with Crippen molar-refractivity contribution in [1.29, 1.82) is 0 Å². The van der Waals surface area contributed by atoms with Crippen molar-refractivity contribution in [3.05, 3.63) is 34.4 Å². The normalized spacial score (nSPS) is 11.3. The van der Waals surface area contributed by atoms with E-state index in [0.29, 0.717) is 12.0 Å². The third-order valence-electron chi connectivity index (χ3n) is 3.04.